The van der Waals surface area contributed by atoms with E-state index in [4.69, 9.17) is 11.6 Å². The van der Waals surface area contributed by atoms with Crippen molar-refractivity contribution in [2.24, 2.45) is 0 Å². The number of nitrogens with one attached hydrogen (secondary N) is 1. The van der Waals surface area contributed by atoms with E-state index in [2.05, 4.69) is 33.2 Å². The summed E-state index contributed by atoms with van der Waals surface area (Å²) in [5.74, 6) is -0.176. The van der Waals surface area contributed by atoms with Gasteiger partial charge in [0.1, 0.15) is 5.15 Å². The lowest BCUT2D eigenvalue weighted by Gasteiger charge is -2.32. The van der Waals surface area contributed by atoms with Gasteiger partial charge in [0.05, 0.1) is 5.56 Å². The minimum Gasteiger partial charge on any atom is -0.322 e. The van der Waals surface area contributed by atoms with Crippen LogP contribution in [0.4, 0.5) is 5.69 Å². The lowest BCUT2D eigenvalue weighted by Crippen LogP contribution is -2.43. The maximum atomic E-state index is 12.4. The Balaban J connectivity index is 1.69. The van der Waals surface area contributed by atoms with Gasteiger partial charge in [-0.3, -0.25) is 9.69 Å². The van der Waals surface area contributed by atoms with Crippen molar-refractivity contribution in [3.63, 3.8) is 0 Å². The van der Waals surface area contributed by atoms with Gasteiger partial charge in [-0.05, 0) is 30.8 Å². The number of hydrogen-bond acceptors (Lipinski definition) is 4. The predicted octanol–water partition coefficient (Wildman–Crippen LogP) is 2.73. The van der Waals surface area contributed by atoms with Crippen LogP contribution >= 0.6 is 11.6 Å². The first-order chi connectivity index (χ1) is 11.6. The van der Waals surface area contributed by atoms with Crippen molar-refractivity contribution >= 4 is 23.2 Å². The first kappa shape index (κ1) is 16.9. The molecule has 5 nitrogen and oxygen atoms in total. The molecule has 0 radical (unpaired) electrons. The number of nitrogens with zero attached hydrogens (tertiary/aromatic N) is 3. The quantitative estimate of drug-likeness (QED) is 0.866. The SMILES string of the molecule is CN1CCN(Cc2ccccc2NC(=O)c2ccc(Cl)nc2)CC1. The molecule has 0 saturated carbocycles. The summed E-state index contributed by atoms with van der Waals surface area (Å²) in [4.78, 5) is 21.1. The van der Waals surface area contributed by atoms with E-state index >= 15 is 0 Å². The molecule has 0 atom stereocenters. The van der Waals surface area contributed by atoms with Gasteiger partial charge in [-0.25, -0.2) is 4.98 Å². The highest BCUT2D eigenvalue weighted by molar-refractivity contribution is 6.29. The molecule has 0 spiro atoms. The fourth-order valence-corrected chi connectivity index (χ4v) is 2.84. The zero-order valence-electron chi connectivity index (χ0n) is 13.7. The molecule has 1 aromatic carbocycles. The van der Waals surface area contributed by atoms with Gasteiger partial charge in [-0.1, -0.05) is 29.8 Å². The van der Waals surface area contributed by atoms with Crippen LogP contribution in [0.25, 0.3) is 0 Å². The number of anilines is 1. The van der Waals surface area contributed by atoms with Crippen LogP contribution in [0, 0.1) is 0 Å². The van der Waals surface area contributed by atoms with Crippen molar-refractivity contribution < 1.29 is 4.79 Å². The zero-order chi connectivity index (χ0) is 16.9. The number of likely N-dealkylation sites (N-methyl/N-ethyl adjacent to an activating group) is 1. The highest BCUT2D eigenvalue weighted by Crippen LogP contribution is 2.19. The van der Waals surface area contributed by atoms with Gasteiger partial charge in [0, 0.05) is 44.6 Å². The third kappa shape index (κ3) is 4.32. The average molecular weight is 345 g/mol. The molecule has 24 heavy (non-hydrogen) atoms. The number of pyridine rings is 1. The number of aromatic nitrogens is 1. The highest BCUT2D eigenvalue weighted by atomic mass is 35.5. The standard InChI is InChI=1S/C18H21ClN4O/c1-22-8-10-23(11-9-22)13-15-4-2-3-5-16(15)21-18(24)14-6-7-17(19)20-12-14/h2-7,12H,8-11,13H2,1H3,(H,21,24). The van der Waals surface area contributed by atoms with Gasteiger partial charge in [0.25, 0.3) is 5.91 Å². The van der Waals surface area contributed by atoms with E-state index in [9.17, 15) is 4.79 Å². The second-order valence-corrected chi connectivity index (χ2v) is 6.45. The van der Waals surface area contributed by atoms with Gasteiger partial charge in [-0.2, -0.15) is 0 Å². The van der Waals surface area contributed by atoms with Crippen molar-refractivity contribution in [1.29, 1.82) is 0 Å². The number of para-hydroxylation sites is 1. The molecule has 1 fully saturated rings. The molecule has 0 unspecified atom stereocenters. The third-order valence-electron chi connectivity index (χ3n) is 4.24. The predicted molar refractivity (Wildman–Crippen MR) is 96.4 cm³/mol. The molecule has 1 N–H and O–H groups in total. The van der Waals surface area contributed by atoms with E-state index in [-0.39, 0.29) is 5.91 Å². The van der Waals surface area contributed by atoms with E-state index < -0.39 is 0 Å². The van der Waals surface area contributed by atoms with Crippen LogP contribution in [0.15, 0.2) is 42.6 Å². The van der Waals surface area contributed by atoms with Crippen LogP contribution in [-0.4, -0.2) is 53.9 Å². The molecule has 1 aromatic heterocycles. The van der Waals surface area contributed by atoms with Gasteiger partial charge in [0.15, 0.2) is 0 Å². The van der Waals surface area contributed by atoms with E-state index in [0.29, 0.717) is 10.7 Å². The van der Waals surface area contributed by atoms with Crippen LogP contribution in [0.3, 0.4) is 0 Å². The lowest BCUT2D eigenvalue weighted by atomic mass is 10.1. The van der Waals surface area contributed by atoms with Crippen molar-refractivity contribution in [3.8, 4) is 0 Å². The van der Waals surface area contributed by atoms with Gasteiger partial charge in [-0.15, -0.1) is 0 Å². The minimum atomic E-state index is -0.176. The van der Waals surface area contributed by atoms with Crippen LogP contribution in [-0.2, 0) is 6.54 Å². The largest absolute Gasteiger partial charge is 0.322 e. The summed E-state index contributed by atoms with van der Waals surface area (Å²) >= 11 is 5.77. The number of hydrogen-bond donors (Lipinski definition) is 1. The summed E-state index contributed by atoms with van der Waals surface area (Å²) < 4.78 is 0. The van der Waals surface area contributed by atoms with E-state index in [1.165, 1.54) is 6.20 Å². The Bertz CT molecular complexity index is 696. The second kappa shape index (κ2) is 7.75. The molecule has 0 bridgehead atoms. The number of carbonyl (C=O) groups is 1. The van der Waals surface area contributed by atoms with Crippen molar-refractivity contribution in [1.82, 2.24) is 14.8 Å². The fourth-order valence-electron chi connectivity index (χ4n) is 2.73. The van der Waals surface area contributed by atoms with E-state index in [1.54, 1.807) is 12.1 Å². The molecule has 1 saturated heterocycles. The molecule has 1 aliphatic heterocycles. The summed E-state index contributed by atoms with van der Waals surface area (Å²) in [5, 5.41) is 3.36. The zero-order valence-corrected chi connectivity index (χ0v) is 14.5. The Morgan fingerprint density at radius 2 is 1.92 bits per heavy atom. The number of piperazine rings is 1. The summed E-state index contributed by atoms with van der Waals surface area (Å²) in [6.45, 7) is 5.07. The molecule has 126 valence electrons. The van der Waals surface area contributed by atoms with Crippen molar-refractivity contribution in [2.75, 3.05) is 38.5 Å². The number of halogens is 1. The van der Waals surface area contributed by atoms with Crippen LogP contribution in [0.1, 0.15) is 15.9 Å². The van der Waals surface area contributed by atoms with Gasteiger partial charge in [0.2, 0.25) is 0 Å². The number of carbonyl (C=O) groups excluding carboxylic acids is 1. The number of amides is 1. The minimum absolute atomic E-state index is 0.176. The molecular weight excluding hydrogens is 324 g/mol. The first-order valence-corrected chi connectivity index (χ1v) is 8.41. The average Bonchev–Trinajstić information content (AvgIpc) is 2.59. The Hall–Kier alpha value is -1.95. The molecule has 0 aliphatic carbocycles. The van der Waals surface area contributed by atoms with Crippen LogP contribution in [0.5, 0.6) is 0 Å². The molecule has 2 heterocycles. The van der Waals surface area contributed by atoms with Crippen molar-refractivity contribution in [3.05, 3.63) is 58.9 Å². The lowest BCUT2D eigenvalue weighted by molar-refractivity contribution is 0.102. The Kier molecular flexibility index (Phi) is 5.45. The summed E-state index contributed by atoms with van der Waals surface area (Å²) in [6.07, 6.45) is 1.49. The number of benzene rings is 1. The smallest absolute Gasteiger partial charge is 0.257 e. The normalized spacial score (nSPS) is 16.1. The topological polar surface area (TPSA) is 48.5 Å². The Morgan fingerprint density at radius 3 is 2.62 bits per heavy atom. The maximum absolute atomic E-state index is 12.4. The summed E-state index contributed by atoms with van der Waals surface area (Å²) in [5.41, 5.74) is 2.46. The van der Waals surface area contributed by atoms with Crippen molar-refractivity contribution in [2.45, 2.75) is 6.54 Å². The fraction of sp³-hybridized carbons (Fsp3) is 0.333. The molecule has 6 heteroatoms. The molecule has 1 aliphatic rings. The Labute approximate surface area is 147 Å². The first-order valence-electron chi connectivity index (χ1n) is 8.03. The molecule has 2 aromatic rings. The van der Waals surface area contributed by atoms with E-state index in [1.807, 2.05) is 18.2 Å². The Morgan fingerprint density at radius 1 is 1.17 bits per heavy atom. The third-order valence-corrected chi connectivity index (χ3v) is 4.47. The van der Waals surface area contributed by atoms with E-state index in [0.717, 1.165) is 44.0 Å². The summed E-state index contributed by atoms with van der Waals surface area (Å²) in [7, 11) is 2.14. The maximum Gasteiger partial charge on any atom is 0.257 e. The molecular formula is C18H21ClN4O. The summed E-state index contributed by atoms with van der Waals surface area (Å²) in [6, 6.07) is 11.2. The number of rotatable bonds is 4. The monoisotopic (exact) mass is 344 g/mol. The van der Waals surface area contributed by atoms with Crippen LogP contribution < -0.4 is 5.32 Å². The molecule has 1 amide bonds. The van der Waals surface area contributed by atoms with Crippen LogP contribution in [0.2, 0.25) is 5.15 Å². The second-order valence-electron chi connectivity index (χ2n) is 6.06. The van der Waals surface area contributed by atoms with Gasteiger partial charge >= 0.3 is 0 Å². The molecule has 3 rings (SSSR count). The highest BCUT2D eigenvalue weighted by Gasteiger charge is 2.16. The van der Waals surface area contributed by atoms with Gasteiger partial charge < -0.3 is 10.2 Å².